The lowest BCUT2D eigenvalue weighted by molar-refractivity contribution is 0.0600. The van der Waals surface area contributed by atoms with Crippen LogP contribution in [0.3, 0.4) is 0 Å². The SMILES string of the molecule is COC(=O)c1cccc(Cn2cnc3c2c(=O)n(CC(C)C)c(=O)n3-c2ccc(C)cc2)c1. The van der Waals surface area contributed by atoms with Gasteiger partial charge in [0.2, 0.25) is 0 Å². The molecule has 4 rings (SSSR count). The molecule has 2 aromatic heterocycles. The molecule has 0 aliphatic carbocycles. The Morgan fingerprint density at radius 2 is 1.82 bits per heavy atom. The lowest BCUT2D eigenvalue weighted by Crippen LogP contribution is -2.41. The number of esters is 1. The zero-order chi connectivity index (χ0) is 23.7. The fourth-order valence-corrected chi connectivity index (χ4v) is 3.86. The van der Waals surface area contributed by atoms with Crippen LogP contribution in [0.4, 0.5) is 0 Å². The van der Waals surface area contributed by atoms with Crippen molar-refractivity contribution in [1.29, 1.82) is 0 Å². The summed E-state index contributed by atoms with van der Waals surface area (Å²) in [6.07, 6.45) is 1.56. The van der Waals surface area contributed by atoms with Gasteiger partial charge in [0.15, 0.2) is 11.2 Å². The van der Waals surface area contributed by atoms with E-state index in [-0.39, 0.29) is 11.5 Å². The van der Waals surface area contributed by atoms with Gasteiger partial charge in [0.05, 0.1) is 24.7 Å². The van der Waals surface area contributed by atoms with Crippen LogP contribution in [0.25, 0.3) is 16.9 Å². The van der Waals surface area contributed by atoms with Crippen molar-refractivity contribution in [3.63, 3.8) is 0 Å². The maximum Gasteiger partial charge on any atom is 0.337 e. The highest BCUT2D eigenvalue weighted by molar-refractivity contribution is 5.89. The van der Waals surface area contributed by atoms with Gasteiger partial charge in [-0.25, -0.2) is 19.1 Å². The summed E-state index contributed by atoms with van der Waals surface area (Å²) in [6, 6.07) is 14.5. The molecule has 0 amide bonds. The molecular formula is C25H26N4O4. The molecule has 8 heteroatoms. The van der Waals surface area contributed by atoms with E-state index in [4.69, 9.17) is 4.74 Å². The smallest absolute Gasteiger partial charge is 0.337 e. The predicted octanol–water partition coefficient (Wildman–Crippen LogP) is 3.15. The van der Waals surface area contributed by atoms with E-state index < -0.39 is 11.7 Å². The minimum Gasteiger partial charge on any atom is -0.465 e. The number of benzene rings is 2. The number of hydrogen-bond acceptors (Lipinski definition) is 5. The van der Waals surface area contributed by atoms with E-state index in [1.54, 1.807) is 29.1 Å². The number of fused-ring (bicyclic) bond motifs is 1. The number of carbonyl (C=O) groups is 1. The number of methoxy groups -OCH3 is 1. The number of aryl methyl sites for hydroxylation is 1. The third-order valence-corrected chi connectivity index (χ3v) is 5.44. The minimum absolute atomic E-state index is 0.104. The van der Waals surface area contributed by atoms with E-state index in [0.29, 0.717) is 35.5 Å². The number of aromatic nitrogens is 4. The van der Waals surface area contributed by atoms with Crippen molar-refractivity contribution in [1.82, 2.24) is 18.7 Å². The van der Waals surface area contributed by atoms with Gasteiger partial charge in [-0.3, -0.25) is 9.36 Å². The van der Waals surface area contributed by atoms with E-state index in [9.17, 15) is 14.4 Å². The van der Waals surface area contributed by atoms with Gasteiger partial charge in [0.1, 0.15) is 0 Å². The quantitative estimate of drug-likeness (QED) is 0.425. The van der Waals surface area contributed by atoms with Crippen molar-refractivity contribution in [2.45, 2.75) is 33.9 Å². The number of imidazole rings is 1. The first-order valence-corrected chi connectivity index (χ1v) is 10.7. The van der Waals surface area contributed by atoms with E-state index in [0.717, 1.165) is 11.1 Å². The molecule has 33 heavy (non-hydrogen) atoms. The van der Waals surface area contributed by atoms with Crippen LogP contribution in [0.15, 0.2) is 64.4 Å². The van der Waals surface area contributed by atoms with Crippen LogP contribution in [-0.2, 0) is 17.8 Å². The van der Waals surface area contributed by atoms with Gasteiger partial charge < -0.3 is 9.30 Å². The summed E-state index contributed by atoms with van der Waals surface area (Å²) in [6.45, 7) is 6.50. The fraction of sp³-hybridized carbons (Fsp3) is 0.280. The van der Waals surface area contributed by atoms with E-state index in [1.165, 1.54) is 16.2 Å². The van der Waals surface area contributed by atoms with Crippen molar-refractivity contribution in [2.24, 2.45) is 5.92 Å². The van der Waals surface area contributed by atoms with Gasteiger partial charge >= 0.3 is 11.7 Å². The van der Waals surface area contributed by atoms with Crippen molar-refractivity contribution in [2.75, 3.05) is 7.11 Å². The van der Waals surface area contributed by atoms with Crippen molar-refractivity contribution in [3.05, 3.63) is 92.4 Å². The third kappa shape index (κ3) is 4.24. The Bertz CT molecular complexity index is 1440. The molecule has 0 bridgehead atoms. The molecular weight excluding hydrogens is 420 g/mol. The summed E-state index contributed by atoms with van der Waals surface area (Å²) in [5.41, 5.74) is 2.78. The standard InChI is InChI=1S/C25H26N4O4/c1-16(2)13-28-23(30)21-22(29(25(28)32)20-10-8-17(3)9-11-20)26-15-27(21)14-18-6-5-7-19(12-18)24(31)33-4/h5-12,15-16H,13-14H2,1-4H3. The molecule has 0 radical (unpaired) electrons. The molecule has 170 valence electrons. The first-order valence-electron chi connectivity index (χ1n) is 10.7. The fourth-order valence-electron chi connectivity index (χ4n) is 3.86. The Morgan fingerprint density at radius 3 is 2.48 bits per heavy atom. The Morgan fingerprint density at radius 1 is 1.09 bits per heavy atom. The Labute approximate surface area is 190 Å². The molecule has 0 N–H and O–H groups in total. The number of hydrogen-bond donors (Lipinski definition) is 0. The highest BCUT2D eigenvalue weighted by Crippen LogP contribution is 2.16. The zero-order valence-electron chi connectivity index (χ0n) is 19.1. The molecule has 2 aromatic carbocycles. The maximum absolute atomic E-state index is 13.4. The highest BCUT2D eigenvalue weighted by atomic mass is 16.5. The van der Waals surface area contributed by atoms with E-state index >= 15 is 0 Å². The number of nitrogens with zero attached hydrogens (tertiary/aromatic N) is 4. The van der Waals surface area contributed by atoms with Crippen molar-refractivity contribution < 1.29 is 9.53 Å². The van der Waals surface area contributed by atoms with Crippen LogP contribution < -0.4 is 11.2 Å². The normalized spacial score (nSPS) is 11.3. The molecule has 0 fully saturated rings. The lowest BCUT2D eigenvalue weighted by atomic mass is 10.1. The van der Waals surface area contributed by atoms with E-state index in [2.05, 4.69) is 4.98 Å². The number of ether oxygens (including phenoxy) is 1. The summed E-state index contributed by atoms with van der Waals surface area (Å²) < 4.78 is 9.28. The lowest BCUT2D eigenvalue weighted by Gasteiger charge is -2.14. The first kappa shape index (κ1) is 22.3. The van der Waals surface area contributed by atoms with Crippen LogP contribution in [0, 0.1) is 12.8 Å². The molecule has 2 heterocycles. The Kier molecular flexibility index (Phi) is 6.00. The van der Waals surface area contributed by atoms with E-state index in [1.807, 2.05) is 51.1 Å². The third-order valence-electron chi connectivity index (χ3n) is 5.44. The van der Waals surface area contributed by atoms with Crippen molar-refractivity contribution >= 4 is 17.1 Å². The molecule has 0 aliphatic heterocycles. The average molecular weight is 447 g/mol. The maximum atomic E-state index is 13.4. The number of carbonyl (C=O) groups excluding carboxylic acids is 1. The molecule has 8 nitrogen and oxygen atoms in total. The second-order valence-corrected chi connectivity index (χ2v) is 8.50. The summed E-state index contributed by atoms with van der Waals surface area (Å²) in [5, 5.41) is 0. The summed E-state index contributed by atoms with van der Waals surface area (Å²) >= 11 is 0. The van der Waals surface area contributed by atoms with Crippen molar-refractivity contribution in [3.8, 4) is 5.69 Å². The largest absolute Gasteiger partial charge is 0.465 e. The Balaban J connectivity index is 1.93. The summed E-state index contributed by atoms with van der Waals surface area (Å²) in [4.78, 5) is 43.2. The summed E-state index contributed by atoms with van der Waals surface area (Å²) in [5.74, 6) is -0.327. The van der Waals surface area contributed by atoms with Crippen LogP contribution in [-0.4, -0.2) is 31.8 Å². The second-order valence-electron chi connectivity index (χ2n) is 8.50. The van der Waals surface area contributed by atoms with Gasteiger partial charge in [0.25, 0.3) is 5.56 Å². The molecule has 0 atom stereocenters. The second kappa shape index (κ2) is 8.90. The van der Waals surface area contributed by atoms with Crippen LogP contribution in [0.2, 0.25) is 0 Å². The topological polar surface area (TPSA) is 88.1 Å². The molecule has 4 aromatic rings. The highest BCUT2D eigenvalue weighted by Gasteiger charge is 2.20. The summed E-state index contributed by atoms with van der Waals surface area (Å²) in [7, 11) is 1.33. The van der Waals surface area contributed by atoms with Gasteiger partial charge in [-0.2, -0.15) is 0 Å². The van der Waals surface area contributed by atoms with Crippen LogP contribution in [0.5, 0.6) is 0 Å². The molecule has 0 unspecified atom stereocenters. The van der Waals surface area contributed by atoms with Gasteiger partial charge in [0, 0.05) is 13.1 Å². The zero-order valence-corrected chi connectivity index (χ0v) is 19.1. The van der Waals surface area contributed by atoms with Gasteiger partial charge in [-0.15, -0.1) is 0 Å². The minimum atomic E-state index is -0.431. The predicted molar refractivity (Wildman–Crippen MR) is 126 cm³/mol. The van der Waals surface area contributed by atoms with Gasteiger partial charge in [-0.1, -0.05) is 43.7 Å². The molecule has 0 saturated carbocycles. The molecule has 0 saturated heterocycles. The number of rotatable bonds is 6. The van der Waals surface area contributed by atoms with Gasteiger partial charge in [-0.05, 0) is 42.7 Å². The molecule has 0 aliphatic rings. The van der Waals surface area contributed by atoms with Crippen LogP contribution in [0.1, 0.15) is 35.3 Å². The van der Waals surface area contributed by atoms with Crippen LogP contribution >= 0.6 is 0 Å². The first-order chi connectivity index (χ1) is 15.8. The Hall–Kier alpha value is -3.94. The monoisotopic (exact) mass is 446 g/mol. The molecule has 0 spiro atoms. The average Bonchev–Trinajstić information content (AvgIpc) is 3.20.